The van der Waals surface area contributed by atoms with Gasteiger partial charge in [-0.25, -0.2) is 0 Å². The standard InChI is InChI=1S/C28H18IN.C18H14BNO2.C10H6I2.CH4.FH.H2/c29-25-12-6-8-20-7-5-11-22(28(20)25)19-15-17-21(18-16-19)30-26-13-3-1-9-23(26)24-10-2-4-14-27(24)30;21-19(22)13-9-11-14(12-10-13)20-17-7-3-1-5-15(17)16-6-2-4-8-18(16)20;11-8-5-1-3-7-4-2-6-9(12)10(7)8;;;/h1-18H;1-12,21-22H;1-6H;1H4;2*1H/i;;;;;1+1. The van der Waals surface area contributed by atoms with E-state index in [1.165, 1.54) is 81.6 Å². The van der Waals surface area contributed by atoms with Crippen molar-refractivity contribution in [1.29, 1.82) is 0 Å². The maximum absolute atomic E-state index is 9.24. The summed E-state index contributed by atoms with van der Waals surface area (Å²) in [6.45, 7) is 0. The Morgan fingerprint density at radius 2 is 0.697 bits per heavy atom. The molecular weight excluding hydrogens is 1160 g/mol. The summed E-state index contributed by atoms with van der Waals surface area (Å²) in [5, 5.41) is 28.8. The number of hydrogen-bond donors (Lipinski definition) is 2. The minimum atomic E-state index is -1.44. The summed E-state index contributed by atoms with van der Waals surface area (Å²) < 4.78 is 8.50. The van der Waals surface area contributed by atoms with Gasteiger partial charge in [0, 0.05) is 55.8 Å². The van der Waals surface area contributed by atoms with Crippen LogP contribution in [0.3, 0.4) is 0 Å². The topological polar surface area (TPSA) is 50.3 Å². The fourth-order valence-electron chi connectivity index (χ4n) is 8.77. The van der Waals surface area contributed by atoms with Gasteiger partial charge in [0.05, 0.1) is 22.1 Å². The molecule has 66 heavy (non-hydrogen) atoms. The third-order valence-corrected chi connectivity index (χ3v) is 14.4. The molecule has 2 heterocycles. The molecule has 0 saturated carbocycles. The van der Waals surface area contributed by atoms with E-state index in [2.05, 4.69) is 247 Å². The van der Waals surface area contributed by atoms with E-state index in [1.807, 2.05) is 36.4 Å². The first kappa shape index (κ1) is 46.9. The highest BCUT2D eigenvalue weighted by atomic mass is 127. The number of hydrogen-bond acceptors (Lipinski definition) is 2. The molecule has 0 unspecified atom stereocenters. The van der Waals surface area contributed by atoms with Gasteiger partial charge < -0.3 is 19.2 Å². The van der Waals surface area contributed by atoms with Gasteiger partial charge in [-0.3, -0.25) is 4.70 Å². The molecule has 0 aliphatic rings. The highest BCUT2D eigenvalue weighted by Crippen LogP contribution is 2.36. The van der Waals surface area contributed by atoms with Crippen LogP contribution in [0.4, 0.5) is 4.70 Å². The Morgan fingerprint density at radius 3 is 1.08 bits per heavy atom. The molecule has 0 atom stereocenters. The zero-order chi connectivity index (χ0) is 43.7. The quantitative estimate of drug-likeness (QED) is 0.136. The molecule has 2 N–H and O–H groups in total. The summed E-state index contributed by atoms with van der Waals surface area (Å²) in [4.78, 5) is 0. The summed E-state index contributed by atoms with van der Waals surface area (Å²) in [7, 11) is -1.44. The predicted octanol–water partition coefficient (Wildman–Crippen LogP) is 15.8. The van der Waals surface area contributed by atoms with Crippen molar-refractivity contribution in [2.75, 3.05) is 0 Å². The van der Waals surface area contributed by atoms with Crippen molar-refractivity contribution in [3.8, 4) is 22.5 Å². The summed E-state index contributed by atoms with van der Waals surface area (Å²) >= 11 is 7.20. The van der Waals surface area contributed by atoms with E-state index in [4.69, 9.17) is 0 Å². The van der Waals surface area contributed by atoms with E-state index in [0.717, 1.165) is 16.7 Å². The Morgan fingerprint density at radius 1 is 0.364 bits per heavy atom. The van der Waals surface area contributed by atoms with E-state index < -0.39 is 7.12 Å². The number of aromatic nitrogens is 2. The monoisotopic (exact) mass is 1200 g/mol. The van der Waals surface area contributed by atoms with E-state index >= 15 is 0 Å². The van der Waals surface area contributed by atoms with Gasteiger partial charge in [-0.15, -0.1) is 0 Å². The Labute approximate surface area is 426 Å². The molecule has 0 aliphatic carbocycles. The Bertz CT molecular complexity index is 3500. The first-order valence-corrected chi connectivity index (χ1v) is 24.1. The van der Waals surface area contributed by atoms with Crippen LogP contribution >= 0.6 is 67.8 Å². The van der Waals surface area contributed by atoms with Gasteiger partial charge in [0.15, 0.2) is 0 Å². The SMILES string of the molecule is C.F.Ic1cccc2cccc(-c3ccc(-n4c5ccccc5c5ccccc54)cc3)c12.Ic1cccc2cccc(I)c12.OB(O)c1ccc(-n2c3ccccc3c3ccccc32)cc1.[2HH]. The van der Waals surface area contributed by atoms with Crippen LogP contribution in [0.15, 0.2) is 218 Å². The largest absolute Gasteiger partial charge is 0.488 e. The van der Waals surface area contributed by atoms with E-state index in [-0.39, 0.29) is 13.6 Å². The Hall–Kier alpha value is -5.58. The zero-order valence-electron chi connectivity index (χ0n) is 34.7. The summed E-state index contributed by atoms with van der Waals surface area (Å²) in [6, 6.07) is 76.0. The van der Waals surface area contributed by atoms with Crippen LogP contribution in [0.1, 0.15) is 8.85 Å². The molecule has 0 amide bonds. The highest BCUT2D eigenvalue weighted by Gasteiger charge is 2.15. The number of rotatable bonds is 4. The van der Waals surface area contributed by atoms with Gasteiger partial charge in [-0.05, 0) is 162 Å². The second-order valence-corrected chi connectivity index (χ2v) is 19.0. The first-order chi connectivity index (χ1) is 31.4. The van der Waals surface area contributed by atoms with Crippen molar-refractivity contribution in [3.05, 3.63) is 229 Å². The molecule has 0 radical (unpaired) electrons. The molecule has 0 bridgehead atoms. The fraction of sp³-hybridized carbons (Fsp3) is 0.0175. The summed E-state index contributed by atoms with van der Waals surface area (Å²) in [6.07, 6.45) is 0. The lowest BCUT2D eigenvalue weighted by atomic mass is 9.80. The van der Waals surface area contributed by atoms with Crippen molar-refractivity contribution >= 4 is 146 Å². The average molecular weight is 1200 g/mol. The number of halogens is 4. The molecular formula is C57H45BFI3N2O2. The van der Waals surface area contributed by atoms with Crippen molar-refractivity contribution in [3.63, 3.8) is 0 Å². The molecule has 12 aromatic rings. The zero-order valence-corrected chi connectivity index (χ0v) is 41.2. The normalized spacial score (nSPS) is 10.9. The third-order valence-electron chi connectivity index (χ3n) is 11.7. The van der Waals surface area contributed by atoms with Gasteiger partial charge in [0.1, 0.15) is 0 Å². The maximum atomic E-state index is 9.24. The predicted molar refractivity (Wildman–Crippen MR) is 308 cm³/mol. The van der Waals surface area contributed by atoms with Crippen LogP contribution < -0.4 is 5.46 Å². The Balaban J connectivity index is 0.000000159. The second kappa shape index (κ2) is 20.5. The molecule has 326 valence electrons. The lowest BCUT2D eigenvalue weighted by Gasteiger charge is -2.11. The molecule has 4 nitrogen and oxygen atoms in total. The van der Waals surface area contributed by atoms with Crippen LogP contribution in [0.2, 0.25) is 0 Å². The number of para-hydroxylation sites is 4. The molecule has 2 aromatic heterocycles. The van der Waals surface area contributed by atoms with Crippen molar-refractivity contribution in [1.82, 2.24) is 9.13 Å². The van der Waals surface area contributed by atoms with Gasteiger partial charge in [-0.2, -0.15) is 0 Å². The van der Waals surface area contributed by atoms with Crippen molar-refractivity contribution < 1.29 is 16.2 Å². The van der Waals surface area contributed by atoms with Crippen LogP contribution in [0, 0.1) is 10.7 Å². The van der Waals surface area contributed by atoms with E-state index in [0.29, 0.717) is 5.46 Å². The third kappa shape index (κ3) is 8.99. The molecule has 9 heteroatoms. The van der Waals surface area contributed by atoms with Gasteiger partial charge in [-0.1, -0.05) is 159 Å². The van der Waals surface area contributed by atoms with Gasteiger partial charge in [0.2, 0.25) is 0 Å². The molecule has 0 aliphatic heterocycles. The number of benzene rings is 10. The molecule has 10 aromatic carbocycles. The maximum Gasteiger partial charge on any atom is 0.488 e. The van der Waals surface area contributed by atoms with Crippen LogP contribution in [0.5, 0.6) is 0 Å². The first-order valence-electron chi connectivity index (χ1n) is 20.9. The molecule has 0 fully saturated rings. The fourth-order valence-corrected chi connectivity index (χ4v) is 11.7. The van der Waals surface area contributed by atoms with E-state index in [1.54, 1.807) is 12.1 Å². The van der Waals surface area contributed by atoms with Gasteiger partial charge in [0.25, 0.3) is 0 Å². The van der Waals surface area contributed by atoms with Crippen LogP contribution in [0.25, 0.3) is 87.7 Å². The van der Waals surface area contributed by atoms with E-state index in [9.17, 15) is 10.0 Å². The second-order valence-electron chi connectivity index (χ2n) is 15.5. The van der Waals surface area contributed by atoms with Crippen molar-refractivity contribution in [2.24, 2.45) is 0 Å². The number of nitrogens with zero attached hydrogens (tertiary/aromatic N) is 2. The Kier molecular flexibility index (Phi) is 14.6. The summed E-state index contributed by atoms with van der Waals surface area (Å²) in [5.74, 6) is 0. The molecule has 0 spiro atoms. The average Bonchev–Trinajstić information content (AvgIpc) is 3.85. The lowest BCUT2D eigenvalue weighted by Crippen LogP contribution is -2.29. The van der Waals surface area contributed by atoms with Crippen LogP contribution in [-0.4, -0.2) is 26.3 Å². The smallest absolute Gasteiger partial charge is 0.423 e. The van der Waals surface area contributed by atoms with Gasteiger partial charge >= 0.3 is 7.12 Å². The number of fused-ring (bicyclic) bond motifs is 8. The summed E-state index contributed by atoms with van der Waals surface area (Å²) in [5.41, 5.74) is 9.97. The molecule has 12 rings (SSSR count). The van der Waals surface area contributed by atoms with Crippen molar-refractivity contribution in [2.45, 2.75) is 7.43 Å². The minimum absolute atomic E-state index is 0. The lowest BCUT2D eigenvalue weighted by molar-refractivity contribution is 0.426. The highest BCUT2D eigenvalue weighted by molar-refractivity contribution is 14.1. The minimum Gasteiger partial charge on any atom is -0.423 e. The molecule has 0 saturated heterocycles. The van der Waals surface area contributed by atoms with Crippen LogP contribution in [-0.2, 0) is 0 Å².